The quantitative estimate of drug-likeness (QED) is 0.667. The minimum absolute atomic E-state index is 0.0475. The number of hydrogen-bond donors (Lipinski definition) is 1. The maximum atomic E-state index is 11.0. The van der Waals surface area contributed by atoms with Crippen molar-refractivity contribution in [1.82, 2.24) is 9.55 Å². The Morgan fingerprint density at radius 2 is 1.96 bits per heavy atom. The van der Waals surface area contributed by atoms with Crippen molar-refractivity contribution >= 4 is 41.1 Å². The van der Waals surface area contributed by atoms with E-state index in [1.165, 1.54) is 0 Å². The van der Waals surface area contributed by atoms with Crippen LogP contribution in [0.25, 0.3) is 0 Å². The van der Waals surface area contributed by atoms with Gasteiger partial charge in [-0.3, -0.25) is 0 Å². The van der Waals surface area contributed by atoms with Crippen molar-refractivity contribution in [3.8, 4) is 0 Å². The van der Waals surface area contributed by atoms with E-state index in [9.17, 15) is 4.79 Å². The Hall–Kier alpha value is -1.37. The highest BCUT2D eigenvalue weighted by atomic mass is 35.5. The van der Waals surface area contributed by atoms with Crippen LogP contribution >= 0.6 is 35.0 Å². The Balaban J connectivity index is 2.46. The van der Waals surface area contributed by atoms with Crippen molar-refractivity contribution in [1.29, 1.82) is 0 Å². The fourth-order valence-electron chi connectivity index (χ4n) is 2.39. The van der Waals surface area contributed by atoms with E-state index in [1.807, 2.05) is 12.1 Å². The van der Waals surface area contributed by atoms with Gasteiger partial charge in [0.15, 0.2) is 6.61 Å². The van der Waals surface area contributed by atoms with Gasteiger partial charge in [0.1, 0.15) is 10.9 Å². The van der Waals surface area contributed by atoms with Crippen LogP contribution in [0.1, 0.15) is 44.6 Å². The number of amides is 1. The summed E-state index contributed by atoms with van der Waals surface area (Å²) in [5.74, 6) is 0.891. The third kappa shape index (κ3) is 5.30. The number of nitrogens with two attached hydrogens (primary N) is 1. The fourth-order valence-corrected chi connectivity index (χ4v) is 4.33. The van der Waals surface area contributed by atoms with Crippen LogP contribution in [0.5, 0.6) is 0 Å². The fraction of sp³-hybridized carbons (Fsp3) is 0.412. The van der Waals surface area contributed by atoms with Crippen LogP contribution in [0.4, 0.5) is 4.79 Å². The molecule has 0 bridgehead atoms. The van der Waals surface area contributed by atoms with Crippen LogP contribution in [-0.4, -0.2) is 15.6 Å². The number of benzene rings is 1. The van der Waals surface area contributed by atoms with Gasteiger partial charge in [-0.15, -0.1) is 0 Å². The lowest BCUT2D eigenvalue weighted by atomic mass is 10.1. The number of primary amides is 1. The number of rotatable bonds is 7. The lowest BCUT2D eigenvalue weighted by Crippen LogP contribution is -2.15. The Morgan fingerprint density at radius 3 is 2.48 bits per heavy atom. The molecule has 1 amide bonds. The van der Waals surface area contributed by atoms with Gasteiger partial charge in [-0.1, -0.05) is 55.7 Å². The summed E-state index contributed by atoms with van der Waals surface area (Å²) >= 11 is 13.8. The maximum absolute atomic E-state index is 11.0. The first-order chi connectivity index (χ1) is 11.8. The van der Waals surface area contributed by atoms with Crippen LogP contribution in [0.2, 0.25) is 10.0 Å². The summed E-state index contributed by atoms with van der Waals surface area (Å²) in [5, 5.41) is 2.16. The molecule has 1 aromatic heterocycles. The average molecular weight is 402 g/mol. The Labute approximate surface area is 161 Å². The number of imidazole rings is 1. The van der Waals surface area contributed by atoms with E-state index in [4.69, 9.17) is 33.7 Å². The van der Waals surface area contributed by atoms with Gasteiger partial charge in [0.05, 0.1) is 5.69 Å². The normalized spacial score (nSPS) is 11.1. The molecule has 0 aliphatic rings. The van der Waals surface area contributed by atoms with Gasteiger partial charge in [-0.05, 0) is 30.5 Å². The summed E-state index contributed by atoms with van der Waals surface area (Å²) < 4.78 is 7.02. The molecule has 0 fully saturated rings. The molecule has 0 aliphatic carbocycles. The van der Waals surface area contributed by atoms with E-state index in [1.54, 1.807) is 17.8 Å². The highest BCUT2D eigenvalue weighted by Gasteiger charge is 2.21. The van der Waals surface area contributed by atoms with Crippen molar-refractivity contribution in [3.63, 3.8) is 0 Å². The number of nitrogens with zero attached hydrogens (tertiary/aromatic N) is 2. The molecule has 2 N–H and O–H groups in total. The molecule has 25 heavy (non-hydrogen) atoms. The summed E-state index contributed by atoms with van der Waals surface area (Å²) in [6.45, 7) is 7.04. The van der Waals surface area contributed by atoms with Crippen LogP contribution in [0.3, 0.4) is 0 Å². The molecule has 136 valence electrons. The predicted molar refractivity (Wildman–Crippen MR) is 102 cm³/mol. The maximum Gasteiger partial charge on any atom is 0.404 e. The van der Waals surface area contributed by atoms with Crippen LogP contribution in [0.15, 0.2) is 28.1 Å². The van der Waals surface area contributed by atoms with Crippen molar-refractivity contribution < 1.29 is 9.53 Å². The van der Waals surface area contributed by atoms with Crippen molar-refractivity contribution in [3.05, 3.63) is 39.8 Å². The Bertz CT molecular complexity index is 742. The van der Waals surface area contributed by atoms with E-state index in [0.717, 1.165) is 28.6 Å². The minimum Gasteiger partial charge on any atom is -0.442 e. The first-order valence-electron chi connectivity index (χ1n) is 7.97. The molecule has 8 heteroatoms. The largest absolute Gasteiger partial charge is 0.442 e. The molecule has 0 saturated carbocycles. The summed E-state index contributed by atoms with van der Waals surface area (Å²) in [7, 11) is 0. The highest BCUT2D eigenvalue weighted by Crippen LogP contribution is 2.37. The molecule has 1 aromatic carbocycles. The number of hydrogen-bond acceptors (Lipinski definition) is 4. The molecule has 0 aliphatic heterocycles. The molecule has 0 saturated heterocycles. The van der Waals surface area contributed by atoms with E-state index in [0.29, 0.717) is 15.9 Å². The van der Waals surface area contributed by atoms with E-state index < -0.39 is 6.09 Å². The molecule has 0 atom stereocenters. The number of aromatic nitrogens is 2. The number of ether oxygens (including phenoxy) is 1. The SMILES string of the molecule is CCCn1c(COC(N)=O)nc(C(C)C)c1Sc1cc(Cl)cc(Cl)c1. The lowest BCUT2D eigenvalue weighted by Gasteiger charge is -2.12. The lowest BCUT2D eigenvalue weighted by molar-refractivity contribution is 0.145. The molecule has 0 unspecified atom stereocenters. The Morgan fingerprint density at radius 1 is 1.32 bits per heavy atom. The number of carbonyl (C=O) groups is 1. The van der Waals surface area contributed by atoms with E-state index >= 15 is 0 Å². The Kier molecular flexibility index (Phi) is 7.04. The third-order valence-corrected chi connectivity index (χ3v) is 4.94. The number of carbonyl (C=O) groups excluding carboxylic acids is 1. The van der Waals surface area contributed by atoms with Gasteiger partial charge in [0, 0.05) is 21.5 Å². The molecule has 5 nitrogen and oxygen atoms in total. The van der Waals surface area contributed by atoms with E-state index in [2.05, 4.69) is 30.3 Å². The van der Waals surface area contributed by atoms with Gasteiger partial charge in [0.2, 0.25) is 0 Å². The zero-order valence-electron chi connectivity index (χ0n) is 14.4. The second kappa shape index (κ2) is 8.83. The summed E-state index contributed by atoms with van der Waals surface area (Å²) in [6, 6.07) is 5.43. The van der Waals surface area contributed by atoms with Crippen LogP contribution in [-0.2, 0) is 17.9 Å². The second-order valence-corrected chi connectivity index (χ2v) is 7.77. The van der Waals surface area contributed by atoms with Gasteiger partial charge in [0.25, 0.3) is 0 Å². The van der Waals surface area contributed by atoms with Crippen LogP contribution in [0, 0.1) is 0 Å². The van der Waals surface area contributed by atoms with Crippen molar-refractivity contribution in [2.75, 3.05) is 0 Å². The second-order valence-electron chi connectivity index (χ2n) is 5.84. The molecular weight excluding hydrogens is 381 g/mol. The van der Waals surface area contributed by atoms with Gasteiger partial charge in [-0.25, -0.2) is 9.78 Å². The van der Waals surface area contributed by atoms with Crippen molar-refractivity contribution in [2.45, 2.75) is 56.2 Å². The molecule has 1 heterocycles. The van der Waals surface area contributed by atoms with E-state index in [-0.39, 0.29) is 12.5 Å². The zero-order chi connectivity index (χ0) is 18.6. The average Bonchev–Trinajstić information content (AvgIpc) is 2.83. The highest BCUT2D eigenvalue weighted by molar-refractivity contribution is 7.99. The molecular formula is C17H21Cl2N3O2S. The standard InChI is InChI=1S/C17H21Cl2N3O2S/c1-4-5-22-14(9-24-17(20)23)21-15(10(2)3)16(22)25-13-7-11(18)6-12(19)8-13/h6-8,10H,4-5,9H2,1-3H3,(H2,20,23). The van der Waals surface area contributed by atoms with Gasteiger partial charge < -0.3 is 15.0 Å². The first-order valence-corrected chi connectivity index (χ1v) is 9.54. The monoisotopic (exact) mass is 401 g/mol. The molecule has 2 aromatic rings. The van der Waals surface area contributed by atoms with Gasteiger partial charge in [-0.2, -0.15) is 0 Å². The zero-order valence-corrected chi connectivity index (χ0v) is 16.7. The summed E-state index contributed by atoms with van der Waals surface area (Å²) in [4.78, 5) is 16.6. The third-order valence-electron chi connectivity index (χ3n) is 3.41. The molecule has 2 rings (SSSR count). The summed E-state index contributed by atoms with van der Waals surface area (Å²) in [5.41, 5.74) is 6.04. The summed E-state index contributed by atoms with van der Waals surface area (Å²) in [6.07, 6.45) is 0.106. The molecule has 0 radical (unpaired) electrons. The predicted octanol–water partition coefficient (Wildman–Crippen LogP) is 5.47. The molecule has 0 spiro atoms. The van der Waals surface area contributed by atoms with Gasteiger partial charge >= 0.3 is 6.09 Å². The topological polar surface area (TPSA) is 70.1 Å². The first kappa shape index (κ1) is 19.9. The van der Waals surface area contributed by atoms with Crippen molar-refractivity contribution in [2.24, 2.45) is 5.73 Å². The minimum atomic E-state index is -0.812. The smallest absolute Gasteiger partial charge is 0.404 e. The number of halogens is 2. The van der Waals surface area contributed by atoms with Crippen LogP contribution < -0.4 is 5.73 Å².